The number of likely N-dealkylation sites (N-methyl/N-ethyl adjacent to an activating group) is 1. The van der Waals surface area contributed by atoms with Crippen LogP contribution in [-0.4, -0.2) is 24.7 Å². The first-order valence-electron chi connectivity index (χ1n) is 4.42. The van der Waals surface area contributed by atoms with E-state index in [9.17, 15) is 13.6 Å². The van der Waals surface area contributed by atoms with E-state index < -0.39 is 23.2 Å². The van der Waals surface area contributed by atoms with Gasteiger partial charge in [-0.2, -0.15) is 0 Å². The molecule has 1 rings (SSSR count). The maximum absolute atomic E-state index is 13.0. The second kappa shape index (κ2) is 4.84. The van der Waals surface area contributed by atoms with E-state index in [4.69, 9.17) is 5.11 Å². The number of hydrogen-bond donors (Lipinski definition) is 2. The molecule has 0 aliphatic rings. The van der Waals surface area contributed by atoms with Gasteiger partial charge in [0.05, 0.1) is 5.56 Å². The monoisotopic (exact) mass is 215 g/mol. The molecule has 0 spiro atoms. The molecule has 0 unspecified atom stereocenters. The molecule has 5 heteroatoms. The Kier molecular flexibility index (Phi) is 3.74. The summed E-state index contributed by atoms with van der Waals surface area (Å²) in [7, 11) is 1.72. The molecule has 1 aromatic carbocycles. The summed E-state index contributed by atoms with van der Waals surface area (Å²) >= 11 is 0. The van der Waals surface area contributed by atoms with Gasteiger partial charge in [-0.05, 0) is 37.7 Å². The van der Waals surface area contributed by atoms with Crippen LogP contribution in [0.2, 0.25) is 0 Å². The molecule has 0 aliphatic heterocycles. The van der Waals surface area contributed by atoms with Crippen LogP contribution in [0.15, 0.2) is 12.1 Å². The standard InChI is InChI=1S/C10H11F2NO2/c1-13-3-2-6-4-7(10(14)15)9(12)8(11)5-6/h4-5,13H,2-3H2,1H3,(H,14,15). The van der Waals surface area contributed by atoms with Gasteiger partial charge in [-0.15, -0.1) is 0 Å². The maximum atomic E-state index is 13.0. The summed E-state index contributed by atoms with van der Waals surface area (Å²) in [4.78, 5) is 10.6. The van der Waals surface area contributed by atoms with E-state index >= 15 is 0 Å². The third-order valence-corrected chi connectivity index (χ3v) is 1.98. The molecule has 0 fully saturated rings. The topological polar surface area (TPSA) is 49.3 Å². The van der Waals surface area contributed by atoms with Gasteiger partial charge in [-0.1, -0.05) is 0 Å². The largest absolute Gasteiger partial charge is 0.478 e. The molecule has 0 atom stereocenters. The molecule has 0 aliphatic carbocycles. The highest BCUT2D eigenvalue weighted by molar-refractivity contribution is 5.88. The Hall–Kier alpha value is -1.49. The molecule has 0 bridgehead atoms. The fourth-order valence-corrected chi connectivity index (χ4v) is 1.21. The quantitative estimate of drug-likeness (QED) is 0.798. The molecule has 0 saturated heterocycles. The lowest BCUT2D eigenvalue weighted by atomic mass is 10.1. The van der Waals surface area contributed by atoms with E-state index in [-0.39, 0.29) is 0 Å². The smallest absolute Gasteiger partial charge is 0.338 e. The van der Waals surface area contributed by atoms with E-state index in [1.165, 1.54) is 0 Å². The third kappa shape index (κ3) is 2.73. The fraction of sp³-hybridized carbons (Fsp3) is 0.300. The van der Waals surface area contributed by atoms with E-state index in [0.29, 0.717) is 18.5 Å². The minimum atomic E-state index is -1.46. The molecular formula is C10H11F2NO2. The second-order valence-corrected chi connectivity index (χ2v) is 3.10. The van der Waals surface area contributed by atoms with Gasteiger partial charge < -0.3 is 10.4 Å². The second-order valence-electron chi connectivity index (χ2n) is 3.10. The van der Waals surface area contributed by atoms with Crippen molar-refractivity contribution in [1.82, 2.24) is 5.32 Å². The van der Waals surface area contributed by atoms with Gasteiger partial charge in [0, 0.05) is 0 Å². The number of carbonyl (C=O) groups is 1. The molecule has 0 amide bonds. The summed E-state index contributed by atoms with van der Waals surface area (Å²) in [5.74, 6) is -3.89. The number of aromatic carboxylic acids is 1. The lowest BCUT2D eigenvalue weighted by Gasteiger charge is -2.04. The average Bonchev–Trinajstić information content (AvgIpc) is 2.19. The van der Waals surface area contributed by atoms with Gasteiger partial charge in [-0.25, -0.2) is 13.6 Å². The van der Waals surface area contributed by atoms with Crippen LogP contribution in [0.25, 0.3) is 0 Å². The highest BCUT2D eigenvalue weighted by Gasteiger charge is 2.15. The Morgan fingerprint density at radius 2 is 2.13 bits per heavy atom. The van der Waals surface area contributed by atoms with Gasteiger partial charge in [0.15, 0.2) is 11.6 Å². The van der Waals surface area contributed by atoms with Crippen molar-refractivity contribution in [2.24, 2.45) is 0 Å². The number of halogens is 2. The lowest BCUT2D eigenvalue weighted by molar-refractivity contribution is 0.0690. The molecule has 0 saturated carbocycles. The predicted octanol–water partition coefficient (Wildman–Crippen LogP) is 1.42. The summed E-state index contributed by atoms with van der Waals surface area (Å²) in [6, 6.07) is 2.16. The van der Waals surface area contributed by atoms with Crippen molar-refractivity contribution in [2.75, 3.05) is 13.6 Å². The molecule has 2 N–H and O–H groups in total. The Balaban J connectivity index is 3.06. The van der Waals surface area contributed by atoms with Crippen LogP contribution in [0.4, 0.5) is 8.78 Å². The number of nitrogens with one attached hydrogen (secondary N) is 1. The van der Waals surface area contributed by atoms with Crippen LogP contribution in [0.1, 0.15) is 15.9 Å². The third-order valence-electron chi connectivity index (χ3n) is 1.98. The van der Waals surface area contributed by atoms with Crippen LogP contribution in [-0.2, 0) is 6.42 Å². The fourth-order valence-electron chi connectivity index (χ4n) is 1.21. The zero-order valence-corrected chi connectivity index (χ0v) is 8.18. The minimum Gasteiger partial charge on any atom is -0.478 e. The maximum Gasteiger partial charge on any atom is 0.338 e. The molecule has 3 nitrogen and oxygen atoms in total. The Bertz CT molecular complexity index is 380. The van der Waals surface area contributed by atoms with Crippen LogP contribution in [0, 0.1) is 11.6 Å². The first kappa shape index (κ1) is 11.6. The van der Waals surface area contributed by atoms with Crippen LogP contribution in [0.5, 0.6) is 0 Å². The predicted molar refractivity (Wildman–Crippen MR) is 50.9 cm³/mol. The summed E-state index contributed by atoms with van der Waals surface area (Å²) in [5.41, 5.74) is -0.165. The number of carboxylic acid groups (broad SMARTS) is 1. The summed E-state index contributed by atoms with van der Waals surface area (Å²) in [6.07, 6.45) is 0.452. The average molecular weight is 215 g/mol. The van der Waals surface area contributed by atoms with Crippen molar-refractivity contribution in [1.29, 1.82) is 0 Å². The Labute approximate surface area is 85.7 Å². The van der Waals surface area contributed by atoms with Crippen LogP contribution < -0.4 is 5.32 Å². The van der Waals surface area contributed by atoms with Crippen molar-refractivity contribution < 1.29 is 18.7 Å². The van der Waals surface area contributed by atoms with E-state index in [1.807, 2.05) is 0 Å². The first-order valence-corrected chi connectivity index (χ1v) is 4.42. The first-order chi connectivity index (χ1) is 7.06. The molecule has 82 valence electrons. The van der Waals surface area contributed by atoms with Crippen LogP contribution >= 0.6 is 0 Å². The van der Waals surface area contributed by atoms with Gasteiger partial charge in [0.2, 0.25) is 0 Å². The molecule has 1 aromatic rings. The Morgan fingerprint density at radius 1 is 1.47 bits per heavy atom. The summed E-state index contributed by atoms with van der Waals surface area (Å²) in [5, 5.41) is 11.5. The molecule has 0 radical (unpaired) electrons. The SMILES string of the molecule is CNCCc1cc(F)c(F)c(C(=O)O)c1. The van der Waals surface area contributed by atoms with Crippen molar-refractivity contribution in [3.63, 3.8) is 0 Å². The van der Waals surface area contributed by atoms with Crippen molar-refractivity contribution in [3.8, 4) is 0 Å². The molecular weight excluding hydrogens is 204 g/mol. The lowest BCUT2D eigenvalue weighted by Crippen LogP contribution is -2.12. The van der Waals surface area contributed by atoms with Crippen molar-refractivity contribution in [2.45, 2.75) is 6.42 Å². The van der Waals surface area contributed by atoms with E-state index in [2.05, 4.69) is 5.32 Å². The highest BCUT2D eigenvalue weighted by Crippen LogP contribution is 2.15. The highest BCUT2D eigenvalue weighted by atomic mass is 19.2. The van der Waals surface area contributed by atoms with Crippen LogP contribution in [0.3, 0.4) is 0 Å². The van der Waals surface area contributed by atoms with Crippen molar-refractivity contribution in [3.05, 3.63) is 34.9 Å². The number of benzene rings is 1. The number of hydrogen-bond acceptors (Lipinski definition) is 2. The number of rotatable bonds is 4. The molecule has 0 aromatic heterocycles. The van der Waals surface area contributed by atoms with Gasteiger partial charge in [-0.3, -0.25) is 0 Å². The zero-order valence-electron chi connectivity index (χ0n) is 8.18. The van der Waals surface area contributed by atoms with E-state index in [1.54, 1.807) is 7.05 Å². The van der Waals surface area contributed by atoms with Gasteiger partial charge in [0.25, 0.3) is 0 Å². The minimum absolute atomic E-state index is 0.452. The van der Waals surface area contributed by atoms with Gasteiger partial charge in [0.1, 0.15) is 0 Å². The van der Waals surface area contributed by atoms with E-state index in [0.717, 1.165) is 12.1 Å². The van der Waals surface area contributed by atoms with Gasteiger partial charge >= 0.3 is 5.97 Å². The summed E-state index contributed by atoms with van der Waals surface area (Å²) < 4.78 is 26.0. The molecule has 15 heavy (non-hydrogen) atoms. The summed E-state index contributed by atoms with van der Waals surface area (Å²) in [6.45, 7) is 0.574. The normalized spacial score (nSPS) is 10.3. The Morgan fingerprint density at radius 3 is 2.67 bits per heavy atom. The van der Waals surface area contributed by atoms with Crippen molar-refractivity contribution >= 4 is 5.97 Å². The molecule has 0 heterocycles. The number of carboxylic acids is 1. The zero-order chi connectivity index (χ0) is 11.4.